The number of carbonyl (C=O) groups excluding carboxylic acids is 1. The molecule has 0 spiro atoms. The van der Waals surface area contributed by atoms with E-state index in [1.165, 1.54) is 14.1 Å². The van der Waals surface area contributed by atoms with Gasteiger partial charge in [0.15, 0.2) is 6.10 Å². The van der Waals surface area contributed by atoms with Gasteiger partial charge in [-0.25, -0.2) is 4.72 Å². The molecule has 8 heteroatoms. The molecule has 0 saturated carbocycles. The second-order valence-corrected chi connectivity index (χ2v) is 7.89. The zero-order valence-electron chi connectivity index (χ0n) is 14.9. The van der Waals surface area contributed by atoms with Crippen molar-refractivity contribution in [3.8, 4) is 5.75 Å². The maximum atomic E-state index is 12.1. The Bertz CT molecular complexity index is 644. The lowest BCUT2D eigenvalue weighted by Crippen LogP contribution is -2.43. The van der Waals surface area contributed by atoms with E-state index < -0.39 is 16.3 Å². The fourth-order valence-electron chi connectivity index (χ4n) is 1.95. The zero-order valence-corrected chi connectivity index (χ0v) is 15.7. The lowest BCUT2D eigenvalue weighted by molar-refractivity contribution is -0.127. The highest BCUT2D eigenvalue weighted by atomic mass is 32.2. The molecule has 136 valence electrons. The number of benzene rings is 1. The molecule has 24 heavy (non-hydrogen) atoms. The van der Waals surface area contributed by atoms with E-state index in [2.05, 4.69) is 23.9 Å². The molecule has 0 radical (unpaired) electrons. The fourth-order valence-corrected chi connectivity index (χ4v) is 2.57. The topological polar surface area (TPSA) is 87.7 Å². The summed E-state index contributed by atoms with van der Waals surface area (Å²) in [6.45, 7) is 6.08. The van der Waals surface area contributed by atoms with Gasteiger partial charge in [0.2, 0.25) is 0 Å². The van der Waals surface area contributed by atoms with Crippen molar-refractivity contribution in [2.24, 2.45) is 0 Å². The van der Waals surface area contributed by atoms with Crippen LogP contribution in [0.15, 0.2) is 24.3 Å². The minimum absolute atomic E-state index is 0.113. The van der Waals surface area contributed by atoms with Crippen molar-refractivity contribution in [2.45, 2.75) is 32.8 Å². The van der Waals surface area contributed by atoms with Gasteiger partial charge in [-0.1, -0.05) is 32.0 Å². The number of hydrogen-bond donors (Lipinski definition) is 2. The molecule has 1 amide bonds. The second-order valence-electron chi connectivity index (χ2n) is 5.93. The highest BCUT2D eigenvalue weighted by molar-refractivity contribution is 7.87. The number of ether oxygens (including phenoxy) is 1. The van der Waals surface area contributed by atoms with E-state index >= 15 is 0 Å². The van der Waals surface area contributed by atoms with Gasteiger partial charge in [-0.3, -0.25) is 4.79 Å². The zero-order chi connectivity index (χ0) is 18.3. The first-order chi connectivity index (χ1) is 11.1. The summed E-state index contributed by atoms with van der Waals surface area (Å²) in [6.07, 6.45) is -0.671. The van der Waals surface area contributed by atoms with Crippen LogP contribution in [0, 0.1) is 0 Å². The lowest BCUT2D eigenvalue weighted by Gasteiger charge is -2.19. The largest absolute Gasteiger partial charge is 0.481 e. The van der Waals surface area contributed by atoms with Gasteiger partial charge in [-0.15, -0.1) is 0 Å². The van der Waals surface area contributed by atoms with Crippen molar-refractivity contribution in [1.29, 1.82) is 0 Å². The Balaban J connectivity index is 2.49. The maximum Gasteiger partial charge on any atom is 0.278 e. The predicted molar refractivity (Wildman–Crippen MR) is 94.2 cm³/mol. The summed E-state index contributed by atoms with van der Waals surface area (Å²) in [5.74, 6) is 0.679. The van der Waals surface area contributed by atoms with E-state index in [1.54, 1.807) is 6.92 Å². The van der Waals surface area contributed by atoms with Gasteiger partial charge in [-0.05, 0) is 24.5 Å². The van der Waals surface area contributed by atoms with E-state index in [1.807, 2.05) is 24.3 Å². The van der Waals surface area contributed by atoms with Crippen LogP contribution in [0.3, 0.4) is 0 Å². The Hall–Kier alpha value is -1.64. The first kappa shape index (κ1) is 20.4. The van der Waals surface area contributed by atoms with Gasteiger partial charge < -0.3 is 10.1 Å². The molecule has 7 nitrogen and oxygen atoms in total. The van der Waals surface area contributed by atoms with Crippen LogP contribution >= 0.6 is 0 Å². The summed E-state index contributed by atoms with van der Waals surface area (Å²) in [5.41, 5.74) is 1.04. The van der Waals surface area contributed by atoms with E-state index in [-0.39, 0.29) is 24.9 Å². The van der Waals surface area contributed by atoms with Crippen LogP contribution in [0.2, 0.25) is 0 Å². The van der Waals surface area contributed by atoms with Gasteiger partial charge in [0.05, 0.1) is 0 Å². The Labute approximate surface area is 144 Å². The molecule has 1 aromatic rings. The molecule has 1 aromatic carbocycles. The minimum atomic E-state index is -3.48. The van der Waals surface area contributed by atoms with Gasteiger partial charge in [-0.2, -0.15) is 12.7 Å². The van der Waals surface area contributed by atoms with Crippen LogP contribution in [0.1, 0.15) is 32.3 Å². The third-order valence-corrected chi connectivity index (χ3v) is 4.93. The normalized spacial score (nSPS) is 13.1. The van der Waals surface area contributed by atoms with Crippen LogP contribution < -0.4 is 14.8 Å². The Morgan fingerprint density at radius 3 is 2.38 bits per heavy atom. The number of nitrogens with one attached hydrogen (secondary N) is 2. The SMILES string of the molecule is CC(Oc1ccccc1C(C)C)C(=O)NCCNS(=O)(=O)N(C)C. The molecule has 0 aromatic heterocycles. The Morgan fingerprint density at radius 1 is 1.17 bits per heavy atom. The molecular weight excluding hydrogens is 330 g/mol. The van der Waals surface area contributed by atoms with Crippen molar-refractivity contribution in [2.75, 3.05) is 27.2 Å². The first-order valence-electron chi connectivity index (χ1n) is 7.85. The third kappa shape index (κ3) is 6.10. The van der Waals surface area contributed by atoms with E-state index in [9.17, 15) is 13.2 Å². The minimum Gasteiger partial charge on any atom is -0.481 e. The van der Waals surface area contributed by atoms with Crippen molar-refractivity contribution < 1.29 is 17.9 Å². The number of para-hydroxylation sites is 1. The molecule has 0 bridgehead atoms. The highest BCUT2D eigenvalue weighted by Gasteiger charge is 2.17. The summed E-state index contributed by atoms with van der Waals surface area (Å²) in [6, 6.07) is 7.61. The third-order valence-electron chi connectivity index (χ3n) is 3.40. The molecule has 1 atom stereocenters. The van der Waals surface area contributed by atoms with Crippen LogP contribution in [0.25, 0.3) is 0 Å². The molecule has 1 unspecified atom stereocenters. The number of nitrogens with zero attached hydrogens (tertiary/aromatic N) is 1. The molecule has 1 rings (SSSR count). The summed E-state index contributed by atoms with van der Waals surface area (Å²) in [4.78, 5) is 12.1. The summed E-state index contributed by atoms with van der Waals surface area (Å²) >= 11 is 0. The molecular formula is C16H27N3O4S. The number of amides is 1. The monoisotopic (exact) mass is 357 g/mol. The van der Waals surface area contributed by atoms with E-state index in [0.29, 0.717) is 5.75 Å². The summed E-state index contributed by atoms with van der Waals surface area (Å²) < 4.78 is 32.2. The number of carbonyl (C=O) groups is 1. The molecule has 0 heterocycles. The fraction of sp³-hybridized carbons (Fsp3) is 0.562. The first-order valence-corrected chi connectivity index (χ1v) is 9.29. The molecule has 2 N–H and O–H groups in total. The van der Waals surface area contributed by atoms with Crippen LogP contribution in [0.4, 0.5) is 0 Å². The van der Waals surface area contributed by atoms with Gasteiger partial charge in [0, 0.05) is 27.2 Å². The number of hydrogen-bond acceptors (Lipinski definition) is 4. The molecule has 0 saturated heterocycles. The molecule has 0 aliphatic heterocycles. The van der Waals surface area contributed by atoms with Crippen molar-refractivity contribution >= 4 is 16.1 Å². The van der Waals surface area contributed by atoms with Gasteiger partial charge in [0.25, 0.3) is 16.1 Å². The average Bonchev–Trinajstić information content (AvgIpc) is 2.51. The molecule has 0 fully saturated rings. The Kier molecular flexibility index (Phi) is 7.65. The summed E-state index contributed by atoms with van der Waals surface area (Å²) in [7, 11) is -0.612. The van der Waals surface area contributed by atoms with E-state index in [0.717, 1.165) is 9.87 Å². The van der Waals surface area contributed by atoms with Crippen molar-refractivity contribution in [3.05, 3.63) is 29.8 Å². The standard InChI is InChI=1S/C16H27N3O4S/c1-12(2)14-8-6-7-9-15(14)23-13(3)16(20)17-10-11-18-24(21,22)19(4)5/h6-9,12-13,18H,10-11H2,1-5H3,(H,17,20). The second kappa shape index (κ2) is 9.00. The molecule has 0 aliphatic carbocycles. The molecule has 0 aliphatic rings. The van der Waals surface area contributed by atoms with E-state index in [4.69, 9.17) is 4.74 Å². The Morgan fingerprint density at radius 2 is 1.79 bits per heavy atom. The predicted octanol–water partition coefficient (Wildman–Crippen LogP) is 1.09. The van der Waals surface area contributed by atoms with Gasteiger partial charge >= 0.3 is 0 Å². The van der Waals surface area contributed by atoms with Gasteiger partial charge in [0.1, 0.15) is 5.75 Å². The quantitative estimate of drug-likeness (QED) is 0.648. The average molecular weight is 357 g/mol. The number of rotatable bonds is 9. The smallest absolute Gasteiger partial charge is 0.278 e. The van der Waals surface area contributed by atoms with Crippen LogP contribution in [-0.4, -0.2) is 51.9 Å². The van der Waals surface area contributed by atoms with Crippen molar-refractivity contribution in [1.82, 2.24) is 14.3 Å². The maximum absolute atomic E-state index is 12.1. The van der Waals surface area contributed by atoms with Crippen LogP contribution in [-0.2, 0) is 15.0 Å². The van der Waals surface area contributed by atoms with Crippen molar-refractivity contribution in [3.63, 3.8) is 0 Å². The van der Waals surface area contributed by atoms with Crippen LogP contribution in [0.5, 0.6) is 5.75 Å². The highest BCUT2D eigenvalue weighted by Crippen LogP contribution is 2.26. The lowest BCUT2D eigenvalue weighted by atomic mass is 10.0. The summed E-state index contributed by atoms with van der Waals surface area (Å²) in [5, 5.41) is 2.65.